The normalized spacial score (nSPS) is 12.0. The molecule has 1 N–H and O–H groups in total. The molecule has 0 aliphatic heterocycles. The van der Waals surface area contributed by atoms with E-state index < -0.39 is 5.97 Å². The van der Waals surface area contributed by atoms with Crippen molar-refractivity contribution in [2.24, 2.45) is 0 Å². The molecule has 0 fully saturated rings. The minimum absolute atomic E-state index is 0.0361. The van der Waals surface area contributed by atoms with Crippen LogP contribution in [0, 0.1) is 0 Å². The van der Waals surface area contributed by atoms with Gasteiger partial charge in [-0.3, -0.25) is 9.59 Å². The van der Waals surface area contributed by atoms with Crippen LogP contribution in [0.5, 0.6) is 0 Å². The fourth-order valence-corrected chi connectivity index (χ4v) is 6.35. The minimum atomic E-state index is -0.668. The second-order valence-electron chi connectivity index (χ2n) is 13.8. The van der Waals surface area contributed by atoms with E-state index >= 15 is 0 Å². The first-order valence-corrected chi connectivity index (χ1v) is 20.0. The standard InChI is InChI=1S/C40H78O4/c1-3-5-7-8-9-10-11-12-13-14-15-16-21-24-27-30-33-37-40(43)44-38(34-6-4-2)35-31-28-25-22-19-17-18-20-23-26-29-32-36-39(41)42/h38H,3-37H2,1-2H3,(H,41,42). The second-order valence-corrected chi connectivity index (χ2v) is 13.8. The topological polar surface area (TPSA) is 63.6 Å². The Morgan fingerprint density at radius 3 is 1.07 bits per heavy atom. The van der Waals surface area contributed by atoms with E-state index in [4.69, 9.17) is 9.84 Å². The Morgan fingerprint density at radius 1 is 0.409 bits per heavy atom. The van der Waals surface area contributed by atoms with Crippen molar-refractivity contribution < 1.29 is 19.4 Å². The Bertz CT molecular complexity index is 590. The maximum Gasteiger partial charge on any atom is 0.306 e. The van der Waals surface area contributed by atoms with E-state index in [9.17, 15) is 9.59 Å². The number of esters is 1. The summed E-state index contributed by atoms with van der Waals surface area (Å²) in [6.07, 6.45) is 43.2. The monoisotopic (exact) mass is 623 g/mol. The molecule has 0 aliphatic carbocycles. The van der Waals surface area contributed by atoms with Crippen LogP contribution in [0.3, 0.4) is 0 Å². The highest BCUT2D eigenvalue weighted by molar-refractivity contribution is 5.69. The average molecular weight is 623 g/mol. The highest BCUT2D eigenvalue weighted by atomic mass is 16.5. The molecule has 0 aromatic carbocycles. The van der Waals surface area contributed by atoms with Crippen molar-refractivity contribution in [3.05, 3.63) is 0 Å². The number of rotatable bonds is 37. The Labute approximate surface area is 275 Å². The molecule has 262 valence electrons. The Balaban J connectivity index is 3.57. The van der Waals surface area contributed by atoms with Crippen LogP contribution in [0.25, 0.3) is 0 Å². The van der Waals surface area contributed by atoms with E-state index in [0.29, 0.717) is 12.8 Å². The van der Waals surface area contributed by atoms with E-state index in [-0.39, 0.29) is 12.1 Å². The summed E-state index contributed by atoms with van der Waals surface area (Å²) >= 11 is 0. The molecule has 1 unspecified atom stereocenters. The number of carboxylic acids is 1. The third-order valence-electron chi connectivity index (χ3n) is 9.33. The lowest BCUT2D eigenvalue weighted by Gasteiger charge is -2.18. The summed E-state index contributed by atoms with van der Waals surface area (Å²) in [6, 6.07) is 0. The third-order valence-corrected chi connectivity index (χ3v) is 9.33. The van der Waals surface area contributed by atoms with Gasteiger partial charge in [0.2, 0.25) is 0 Å². The lowest BCUT2D eigenvalue weighted by atomic mass is 10.0. The highest BCUT2D eigenvalue weighted by Gasteiger charge is 2.14. The highest BCUT2D eigenvalue weighted by Crippen LogP contribution is 2.18. The molecule has 4 heteroatoms. The van der Waals surface area contributed by atoms with Gasteiger partial charge in [0.15, 0.2) is 0 Å². The molecule has 0 saturated carbocycles. The van der Waals surface area contributed by atoms with E-state index in [1.165, 1.54) is 167 Å². The van der Waals surface area contributed by atoms with Crippen LogP contribution >= 0.6 is 0 Å². The molecular formula is C40H78O4. The second kappa shape index (κ2) is 36.4. The van der Waals surface area contributed by atoms with E-state index in [0.717, 1.165) is 44.9 Å². The maximum atomic E-state index is 12.5. The number of ether oxygens (including phenoxy) is 1. The first-order chi connectivity index (χ1) is 21.6. The summed E-state index contributed by atoms with van der Waals surface area (Å²) in [5.41, 5.74) is 0. The van der Waals surface area contributed by atoms with Gasteiger partial charge in [0.1, 0.15) is 6.10 Å². The molecule has 0 heterocycles. The first-order valence-electron chi connectivity index (χ1n) is 20.0. The smallest absolute Gasteiger partial charge is 0.306 e. The van der Waals surface area contributed by atoms with Gasteiger partial charge >= 0.3 is 11.9 Å². The molecule has 0 aliphatic rings. The largest absolute Gasteiger partial charge is 0.481 e. The van der Waals surface area contributed by atoms with E-state index in [1.807, 2.05) is 0 Å². The van der Waals surface area contributed by atoms with Crippen molar-refractivity contribution in [2.45, 2.75) is 245 Å². The number of carbonyl (C=O) groups is 2. The maximum absolute atomic E-state index is 12.5. The van der Waals surface area contributed by atoms with Crippen molar-refractivity contribution >= 4 is 11.9 Å². The van der Waals surface area contributed by atoms with Gasteiger partial charge < -0.3 is 9.84 Å². The molecule has 0 bridgehead atoms. The zero-order valence-corrected chi connectivity index (χ0v) is 30.0. The number of carbonyl (C=O) groups excluding carboxylic acids is 1. The Kier molecular flexibility index (Phi) is 35.5. The van der Waals surface area contributed by atoms with Gasteiger partial charge in [0.25, 0.3) is 0 Å². The van der Waals surface area contributed by atoms with Gasteiger partial charge in [-0.25, -0.2) is 0 Å². The molecule has 1 atom stereocenters. The molecule has 0 radical (unpaired) electrons. The van der Waals surface area contributed by atoms with Gasteiger partial charge in [-0.15, -0.1) is 0 Å². The summed E-state index contributed by atoms with van der Waals surface area (Å²) in [5.74, 6) is -0.632. The molecule has 0 aromatic heterocycles. The Morgan fingerprint density at radius 2 is 0.705 bits per heavy atom. The molecule has 0 aromatic rings. The fourth-order valence-electron chi connectivity index (χ4n) is 6.35. The Hall–Kier alpha value is -1.06. The predicted octanol–water partition coefficient (Wildman–Crippen LogP) is 13.7. The van der Waals surface area contributed by atoms with Crippen LogP contribution in [0.1, 0.15) is 239 Å². The molecule has 44 heavy (non-hydrogen) atoms. The summed E-state index contributed by atoms with van der Waals surface area (Å²) in [4.78, 5) is 23.0. The van der Waals surface area contributed by atoms with Gasteiger partial charge in [-0.05, 0) is 32.1 Å². The van der Waals surface area contributed by atoms with Crippen LogP contribution in [0.2, 0.25) is 0 Å². The van der Waals surface area contributed by atoms with Crippen LogP contribution in [0.15, 0.2) is 0 Å². The lowest BCUT2D eigenvalue weighted by molar-refractivity contribution is -0.150. The van der Waals surface area contributed by atoms with Crippen LogP contribution in [-0.2, 0) is 14.3 Å². The van der Waals surface area contributed by atoms with Gasteiger partial charge in [0.05, 0.1) is 0 Å². The van der Waals surface area contributed by atoms with Crippen molar-refractivity contribution in [1.82, 2.24) is 0 Å². The fraction of sp³-hybridized carbons (Fsp3) is 0.950. The third kappa shape index (κ3) is 35.4. The van der Waals surface area contributed by atoms with Crippen molar-refractivity contribution in [1.29, 1.82) is 0 Å². The molecule has 0 spiro atoms. The summed E-state index contributed by atoms with van der Waals surface area (Å²) < 4.78 is 5.93. The zero-order valence-electron chi connectivity index (χ0n) is 30.0. The van der Waals surface area contributed by atoms with Gasteiger partial charge in [-0.1, -0.05) is 194 Å². The molecule has 0 amide bonds. The number of carboxylic acid groups (broad SMARTS) is 1. The first kappa shape index (κ1) is 42.9. The zero-order chi connectivity index (χ0) is 32.2. The summed E-state index contributed by atoms with van der Waals surface area (Å²) in [7, 11) is 0. The number of hydrogen-bond acceptors (Lipinski definition) is 3. The quantitative estimate of drug-likeness (QED) is 0.0553. The number of hydrogen-bond donors (Lipinski definition) is 1. The van der Waals surface area contributed by atoms with Crippen molar-refractivity contribution in [3.8, 4) is 0 Å². The molecule has 0 saturated heterocycles. The SMILES string of the molecule is CCCCCCCCCCCCCCCCCCCC(=O)OC(CCCC)CCCCCCCCCCCCCCC(=O)O. The van der Waals surface area contributed by atoms with Gasteiger partial charge in [-0.2, -0.15) is 0 Å². The van der Waals surface area contributed by atoms with Crippen molar-refractivity contribution in [2.75, 3.05) is 0 Å². The number of aliphatic carboxylic acids is 1. The van der Waals surface area contributed by atoms with Crippen molar-refractivity contribution in [3.63, 3.8) is 0 Å². The summed E-state index contributed by atoms with van der Waals surface area (Å²) in [5, 5.41) is 8.67. The molecular weight excluding hydrogens is 544 g/mol. The van der Waals surface area contributed by atoms with Crippen LogP contribution in [-0.4, -0.2) is 23.1 Å². The van der Waals surface area contributed by atoms with Crippen LogP contribution < -0.4 is 0 Å². The predicted molar refractivity (Wildman–Crippen MR) is 190 cm³/mol. The molecule has 0 rings (SSSR count). The van der Waals surface area contributed by atoms with Gasteiger partial charge in [0, 0.05) is 12.8 Å². The van der Waals surface area contributed by atoms with Crippen LogP contribution in [0.4, 0.5) is 0 Å². The average Bonchev–Trinajstić information content (AvgIpc) is 3.01. The minimum Gasteiger partial charge on any atom is -0.481 e. The van der Waals surface area contributed by atoms with E-state index in [2.05, 4.69) is 13.8 Å². The van der Waals surface area contributed by atoms with E-state index in [1.54, 1.807) is 0 Å². The lowest BCUT2D eigenvalue weighted by Crippen LogP contribution is -2.18. The number of unbranched alkanes of at least 4 members (excludes halogenated alkanes) is 28. The summed E-state index contributed by atoms with van der Waals surface area (Å²) in [6.45, 7) is 4.51. The molecule has 4 nitrogen and oxygen atoms in total.